The van der Waals surface area contributed by atoms with E-state index in [1.807, 2.05) is 18.2 Å². The molecular weight excluding hydrogens is 477 g/mol. The van der Waals surface area contributed by atoms with E-state index in [0.29, 0.717) is 29.7 Å². The van der Waals surface area contributed by atoms with Crippen molar-refractivity contribution in [2.45, 2.75) is 45.7 Å². The number of nitrogens with zero attached hydrogens (tertiary/aromatic N) is 2. The first-order valence-corrected chi connectivity index (χ1v) is 12.3. The third-order valence-electron chi connectivity index (χ3n) is 5.94. The third kappa shape index (κ3) is 5.29. The van der Waals surface area contributed by atoms with E-state index in [2.05, 4.69) is 19.0 Å². The minimum atomic E-state index is -4.36. The Labute approximate surface area is 205 Å². The molecule has 0 amide bonds. The monoisotopic (exact) mass is 504 g/mol. The predicted octanol–water partition coefficient (Wildman–Crippen LogP) is 6.97. The average Bonchev–Trinajstić information content (AvgIpc) is 3.37. The van der Waals surface area contributed by atoms with Gasteiger partial charge in [0.1, 0.15) is 6.54 Å². The van der Waals surface area contributed by atoms with Crippen LogP contribution in [0.25, 0.3) is 21.1 Å². The lowest BCUT2D eigenvalue weighted by atomic mass is 9.96. The van der Waals surface area contributed by atoms with Crippen LogP contribution in [0, 0.1) is 0 Å². The summed E-state index contributed by atoms with van der Waals surface area (Å²) >= 11 is 1.42. The Kier molecular flexibility index (Phi) is 7.07. The third-order valence-corrected chi connectivity index (χ3v) is 7.17. The number of alkyl halides is 3. The van der Waals surface area contributed by atoms with Gasteiger partial charge in [-0.3, -0.25) is 4.79 Å². The molecule has 0 aliphatic carbocycles. The fraction of sp³-hybridized carbons (Fsp3) is 0.385. The maximum Gasteiger partial charge on any atom is 0.416 e. The molecule has 2 aromatic heterocycles. The van der Waals surface area contributed by atoms with Crippen molar-refractivity contribution in [2.75, 3.05) is 25.1 Å². The van der Waals surface area contributed by atoms with E-state index in [9.17, 15) is 18.0 Å². The Balaban J connectivity index is 1.56. The van der Waals surface area contributed by atoms with Crippen molar-refractivity contribution in [3.8, 4) is 0 Å². The van der Waals surface area contributed by atoms with Crippen molar-refractivity contribution in [1.29, 1.82) is 0 Å². The molecule has 0 unspecified atom stereocenters. The van der Waals surface area contributed by atoms with Gasteiger partial charge in [-0.15, -0.1) is 11.3 Å². The van der Waals surface area contributed by atoms with Crippen LogP contribution in [0.3, 0.4) is 0 Å². The van der Waals surface area contributed by atoms with Crippen molar-refractivity contribution < 1.29 is 27.2 Å². The molecule has 0 fully saturated rings. The number of halogens is 3. The number of aryl methyl sites for hydroxylation is 2. The normalized spacial score (nSPS) is 12.1. The Morgan fingerprint density at radius 3 is 2.57 bits per heavy atom. The lowest BCUT2D eigenvalue weighted by Gasteiger charge is -2.17. The molecular formula is C26H27F3N2O3S. The molecule has 0 N–H and O–H groups in total. The second-order valence-corrected chi connectivity index (χ2v) is 9.91. The smallest absolute Gasteiger partial charge is 0.416 e. The van der Waals surface area contributed by atoms with Crippen LogP contribution in [0.1, 0.15) is 48.4 Å². The molecule has 2 heterocycles. The predicted molar refractivity (Wildman–Crippen MR) is 132 cm³/mol. The summed E-state index contributed by atoms with van der Waals surface area (Å²) in [5.41, 5.74) is 2.68. The lowest BCUT2D eigenvalue weighted by Crippen LogP contribution is -2.26. The molecule has 0 aliphatic heterocycles. The highest BCUT2D eigenvalue weighted by molar-refractivity contribution is 7.19. The summed E-state index contributed by atoms with van der Waals surface area (Å²) in [5, 5.41) is 6.01. The summed E-state index contributed by atoms with van der Waals surface area (Å²) < 4.78 is 50.8. The maximum atomic E-state index is 13.2. The van der Waals surface area contributed by atoms with Crippen molar-refractivity contribution >= 4 is 44.0 Å². The van der Waals surface area contributed by atoms with Gasteiger partial charge < -0.3 is 14.2 Å². The molecule has 0 bridgehead atoms. The van der Waals surface area contributed by atoms with Crippen LogP contribution in [0.2, 0.25) is 0 Å². The molecule has 0 radical (unpaired) electrons. The van der Waals surface area contributed by atoms with Crippen LogP contribution in [0.15, 0.2) is 40.9 Å². The minimum absolute atomic E-state index is 0.125. The van der Waals surface area contributed by atoms with Crippen LogP contribution in [-0.4, -0.2) is 31.3 Å². The maximum absolute atomic E-state index is 13.2. The fourth-order valence-corrected chi connectivity index (χ4v) is 5.68. The van der Waals surface area contributed by atoms with E-state index in [-0.39, 0.29) is 18.4 Å². The molecule has 2 aromatic carbocycles. The van der Waals surface area contributed by atoms with Gasteiger partial charge in [0.15, 0.2) is 5.58 Å². The number of esters is 1. The van der Waals surface area contributed by atoms with Crippen LogP contribution in [0.4, 0.5) is 18.9 Å². The highest BCUT2D eigenvalue weighted by atomic mass is 32.1. The molecule has 35 heavy (non-hydrogen) atoms. The van der Waals surface area contributed by atoms with Gasteiger partial charge in [-0.1, -0.05) is 25.1 Å². The zero-order chi connectivity index (χ0) is 25.3. The molecule has 4 rings (SSSR count). The second kappa shape index (κ2) is 9.89. The van der Waals surface area contributed by atoms with E-state index in [1.54, 1.807) is 24.9 Å². The number of aromatic nitrogens is 1. The highest BCUT2D eigenvalue weighted by Crippen LogP contribution is 2.40. The number of likely N-dealkylation sites (N-methyl/N-ethyl adjacent to an activating group) is 1. The van der Waals surface area contributed by atoms with E-state index in [4.69, 9.17) is 9.26 Å². The summed E-state index contributed by atoms with van der Waals surface area (Å²) in [6.07, 6.45) is -3.11. The quantitative estimate of drug-likeness (QED) is 0.243. The van der Waals surface area contributed by atoms with Gasteiger partial charge in [0.2, 0.25) is 0 Å². The van der Waals surface area contributed by atoms with E-state index in [0.717, 1.165) is 38.7 Å². The van der Waals surface area contributed by atoms with Crippen molar-refractivity contribution in [2.24, 2.45) is 0 Å². The Hall–Kier alpha value is -3.07. The molecule has 186 valence electrons. The molecule has 0 atom stereocenters. The first-order chi connectivity index (χ1) is 16.6. The largest absolute Gasteiger partial charge is 0.465 e. The summed E-state index contributed by atoms with van der Waals surface area (Å²) in [4.78, 5) is 14.6. The van der Waals surface area contributed by atoms with Crippen LogP contribution in [0.5, 0.6) is 0 Å². The Bertz CT molecular complexity index is 1360. The number of hydrogen-bond acceptors (Lipinski definition) is 6. The molecule has 0 saturated heterocycles. The number of fused-ring (bicyclic) bond motifs is 2. The number of rotatable bonds is 8. The first kappa shape index (κ1) is 25.0. The van der Waals surface area contributed by atoms with Crippen LogP contribution >= 0.6 is 11.3 Å². The second-order valence-electron chi connectivity index (χ2n) is 8.77. The summed E-state index contributed by atoms with van der Waals surface area (Å²) in [5.74, 6) is -0.123. The number of hydrogen-bond donors (Lipinski definition) is 0. The zero-order valence-electron chi connectivity index (χ0n) is 20.0. The van der Waals surface area contributed by atoms with Gasteiger partial charge in [0.25, 0.3) is 0 Å². The number of anilines is 1. The van der Waals surface area contributed by atoms with Gasteiger partial charge in [-0.2, -0.15) is 13.2 Å². The molecule has 9 heteroatoms. The van der Waals surface area contributed by atoms with E-state index >= 15 is 0 Å². The minimum Gasteiger partial charge on any atom is -0.465 e. The van der Waals surface area contributed by atoms with Crippen molar-refractivity contribution in [1.82, 2.24) is 5.16 Å². The van der Waals surface area contributed by atoms with Crippen molar-refractivity contribution in [3.05, 3.63) is 58.1 Å². The van der Waals surface area contributed by atoms with Crippen LogP contribution < -0.4 is 4.90 Å². The zero-order valence-corrected chi connectivity index (χ0v) is 20.8. The van der Waals surface area contributed by atoms with Gasteiger partial charge >= 0.3 is 12.1 Å². The topological polar surface area (TPSA) is 55.6 Å². The first-order valence-electron chi connectivity index (χ1n) is 11.5. The molecule has 4 aromatic rings. The fourth-order valence-electron chi connectivity index (χ4n) is 4.28. The molecule has 0 spiro atoms. The van der Waals surface area contributed by atoms with E-state index in [1.165, 1.54) is 17.4 Å². The Morgan fingerprint density at radius 1 is 1.14 bits per heavy atom. The summed E-state index contributed by atoms with van der Waals surface area (Å²) in [7, 11) is 1.80. The molecule has 0 saturated carbocycles. The number of thiophene rings is 1. The van der Waals surface area contributed by atoms with Gasteiger partial charge in [0, 0.05) is 33.8 Å². The van der Waals surface area contributed by atoms with Gasteiger partial charge in [0.05, 0.1) is 17.9 Å². The number of benzene rings is 2. The number of carbonyl (C=O) groups is 1. The standard InChI is InChI=1S/C26H27F3N2O3S/c1-5-33-24(32)14-31(4)17-7-9-18-20(30-34-21(18)13-17)10-11-22-25(15(2)3)19-8-6-16(26(27,28)29)12-23(19)35-22/h6-9,12-13,15H,5,10-11,14H2,1-4H3. The van der Waals surface area contributed by atoms with E-state index < -0.39 is 11.7 Å². The summed E-state index contributed by atoms with van der Waals surface area (Å²) in [6.45, 7) is 6.34. The highest BCUT2D eigenvalue weighted by Gasteiger charge is 2.31. The Morgan fingerprint density at radius 2 is 1.89 bits per heavy atom. The van der Waals surface area contributed by atoms with Gasteiger partial charge in [-0.25, -0.2) is 0 Å². The van der Waals surface area contributed by atoms with Crippen LogP contribution in [-0.2, 0) is 28.5 Å². The summed E-state index contributed by atoms with van der Waals surface area (Å²) in [6, 6.07) is 9.65. The molecule has 0 aliphatic rings. The lowest BCUT2D eigenvalue weighted by molar-refractivity contribution is -0.141. The molecule has 5 nitrogen and oxygen atoms in total. The number of carbonyl (C=O) groups excluding carboxylic acids is 1. The van der Waals surface area contributed by atoms with Gasteiger partial charge in [-0.05, 0) is 60.9 Å². The SMILES string of the molecule is CCOC(=O)CN(C)c1ccc2c(CCc3sc4cc(C(F)(F)F)ccc4c3C(C)C)noc2c1. The average molecular weight is 505 g/mol. The number of ether oxygens (including phenoxy) is 1. The van der Waals surface area contributed by atoms with Crippen molar-refractivity contribution in [3.63, 3.8) is 0 Å².